The van der Waals surface area contributed by atoms with Crippen molar-refractivity contribution in [3.63, 3.8) is 0 Å². The molecule has 0 aromatic carbocycles. The Kier molecular flexibility index (Phi) is 40.4. The third kappa shape index (κ3) is 38.9. The molecule has 0 aliphatic carbocycles. The van der Waals surface area contributed by atoms with Gasteiger partial charge in [0.15, 0.2) is 0 Å². The molecule has 4 heteroatoms. The van der Waals surface area contributed by atoms with Gasteiger partial charge in [-0.15, -0.1) is 0 Å². The minimum atomic E-state index is -0.842. The number of amides is 1. The number of allylic oxidation sites excluding steroid dienone is 11. The molecule has 0 aromatic heterocycles. The lowest BCUT2D eigenvalue weighted by Gasteiger charge is -2.20. The zero-order chi connectivity index (χ0) is 37.1. The minimum Gasteiger partial charge on any atom is -0.394 e. The summed E-state index contributed by atoms with van der Waals surface area (Å²) in [6, 6.07) is -0.625. The van der Waals surface area contributed by atoms with Crippen LogP contribution < -0.4 is 5.32 Å². The molecule has 4 nitrogen and oxygen atoms in total. The topological polar surface area (TPSA) is 69.6 Å². The SMILES string of the molecule is CC/C=C\C/C=C\C/C=C\C/C=C\C/C=C\CCCCCCCCCCCCCC(=O)NC(CO)C(O)/C=C/CCCCCCCCCCCC. The molecule has 0 aromatic rings. The van der Waals surface area contributed by atoms with Crippen LogP contribution in [0.3, 0.4) is 0 Å². The van der Waals surface area contributed by atoms with Crippen LogP contribution in [0.1, 0.15) is 200 Å². The zero-order valence-corrected chi connectivity index (χ0v) is 33.6. The lowest BCUT2D eigenvalue weighted by Crippen LogP contribution is -2.45. The Hall–Kier alpha value is -2.17. The van der Waals surface area contributed by atoms with Crippen LogP contribution in [-0.4, -0.2) is 34.9 Å². The Balaban J connectivity index is 3.58. The summed E-state index contributed by atoms with van der Waals surface area (Å²) in [5.41, 5.74) is 0. The number of hydrogen-bond acceptors (Lipinski definition) is 3. The standard InChI is InChI=1S/C47H83NO3/c1-3-5-7-9-11-13-15-17-18-19-20-21-22-23-24-25-26-27-28-29-30-31-33-35-37-39-41-43-47(51)48-45(44-49)46(50)42-40-38-36-34-32-16-14-12-10-8-6-4-2/h5,7,11,13,17-18,20-21,23-24,40,42,45-46,49-50H,3-4,6,8-10,12,14-16,19,22,25-39,41,43-44H2,1-2H3,(H,48,51)/b7-5-,13-11-,18-17-,21-20-,24-23-,42-40+. The summed E-state index contributed by atoms with van der Waals surface area (Å²) in [5, 5.41) is 22.9. The fourth-order valence-corrected chi connectivity index (χ4v) is 6.14. The third-order valence-corrected chi connectivity index (χ3v) is 9.45. The predicted molar refractivity (Wildman–Crippen MR) is 225 cm³/mol. The van der Waals surface area contributed by atoms with E-state index in [0.717, 1.165) is 57.8 Å². The smallest absolute Gasteiger partial charge is 0.220 e. The summed E-state index contributed by atoms with van der Waals surface area (Å²) in [4.78, 5) is 12.4. The van der Waals surface area contributed by atoms with Crippen molar-refractivity contribution in [1.29, 1.82) is 0 Å². The van der Waals surface area contributed by atoms with E-state index in [1.165, 1.54) is 122 Å². The molecular weight excluding hydrogens is 627 g/mol. The minimum absolute atomic E-state index is 0.0717. The second-order valence-electron chi connectivity index (χ2n) is 14.4. The van der Waals surface area contributed by atoms with Crippen LogP contribution in [0.25, 0.3) is 0 Å². The number of rotatable bonds is 38. The van der Waals surface area contributed by atoms with E-state index < -0.39 is 12.1 Å². The molecule has 0 saturated carbocycles. The van der Waals surface area contributed by atoms with Gasteiger partial charge in [-0.25, -0.2) is 0 Å². The maximum Gasteiger partial charge on any atom is 0.220 e. The first kappa shape index (κ1) is 48.8. The van der Waals surface area contributed by atoms with E-state index in [2.05, 4.69) is 79.9 Å². The fraction of sp³-hybridized carbons (Fsp3) is 0.723. The molecule has 2 unspecified atom stereocenters. The first-order valence-electron chi connectivity index (χ1n) is 21.7. The molecule has 0 bridgehead atoms. The highest BCUT2D eigenvalue weighted by atomic mass is 16.3. The number of aliphatic hydroxyl groups excluding tert-OH is 2. The molecule has 294 valence electrons. The molecule has 0 rings (SSSR count). The number of aliphatic hydroxyl groups is 2. The summed E-state index contributed by atoms with van der Waals surface area (Å²) in [7, 11) is 0. The van der Waals surface area contributed by atoms with E-state index in [1.807, 2.05) is 6.08 Å². The molecule has 0 radical (unpaired) electrons. The van der Waals surface area contributed by atoms with Gasteiger partial charge in [0, 0.05) is 6.42 Å². The molecule has 0 heterocycles. The van der Waals surface area contributed by atoms with Crippen LogP contribution in [-0.2, 0) is 4.79 Å². The molecule has 0 spiro atoms. The molecule has 0 fully saturated rings. The van der Waals surface area contributed by atoms with Crippen molar-refractivity contribution in [2.75, 3.05) is 6.61 Å². The average molecular weight is 710 g/mol. The second-order valence-corrected chi connectivity index (χ2v) is 14.4. The molecule has 2 atom stereocenters. The number of hydrogen-bond donors (Lipinski definition) is 3. The van der Waals surface area contributed by atoms with E-state index in [1.54, 1.807) is 6.08 Å². The molecule has 3 N–H and O–H groups in total. The second kappa shape index (κ2) is 42.2. The Morgan fingerprint density at radius 3 is 1.29 bits per heavy atom. The van der Waals surface area contributed by atoms with Crippen LogP contribution in [0.4, 0.5) is 0 Å². The van der Waals surface area contributed by atoms with Crippen LogP contribution in [0, 0.1) is 0 Å². The van der Waals surface area contributed by atoms with Gasteiger partial charge < -0.3 is 15.5 Å². The average Bonchev–Trinajstić information content (AvgIpc) is 3.13. The number of nitrogens with one attached hydrogen (secondary N) is 1. The highest BCUT2D eigenvalue weighted by molar-refractivity contribution is 5.76. The van der Waals surface area contributed by atoms with Gasteiger partial charge in [-0.3, -0.25) is 4.79 Å². The third-order valence-electron chi connectivity index (χ3n) is 9.45. The Morgan fingerprint density at radius 2 is 0.863 bits per heavy atom. The van der Waals surface area contributed by atoms with Gasteiger partial charge in [0.1, 0.15) is 0 Å². The molecular formula is C47H83NO3. The zero-order valence-electron chi connectivity index (χ0n) is 33.6. The van der Waals surface area contributed by atoms with Gasteiger partial charge >= 0.3 is 0 Å². The lowest BCUT2D eigenvalue weighted by atomic mass is 10.0. The van der Waals surface area contributed by atoms with E-state index in [9.17, 15) is 15.0 Å². The molecule has 0 aliphatic heterocycles. The van der Waals surface area contributed by atoms with E-state index in [4.69, 9.17) is 0 Å². The van der Waals surface area contributed by atoms with Crippen molar-refractivity contribution in [3.05, 3.63) is 72.9 Å². The summed E-state index contributed by atoms with van der Waals surface area (Å²) >= 11 is 0. The molecule has 0 aliphatic rings. The van der Waals surface area contributed by atoms with Gasteiger partial charge in [0.2, 0.25) is 5.91 Å². The van der Waals surface area contributed by atoms with Crippen LogP contribution in [0.2, 0.25) is 0 Å². The number of carbonyl (C=O) groups excluding carboxylic acids is 1. The van der Waals surface area contributed by atoms with E-state index >= 15 is 0 Å². The quantitative estimate of drug-likeness (QED) is 0.0441. The first-order chi connectivity index (χ1) is 25.2. The first-order valence-corrected chi connectivity index (χ1v) is 21.7. The largest absolute Gasteiger partial charge is 0.394 e. The van der Waals surface area contributed by atoms with Crippen molar-refractivity contribution in [3.8, 4) is 0 Å². The summed E-state index contributed by atoms with van der Waals surface area (Å²) in [6.07, 6.45) is 60.0. The summed E-state index contributed by atoms with van der Waals surface area (Å²) < 4.78 is 0. The number of carbonyl (C=O) groups is 1. The fourth-order valence-electron chi connectivity index (χ4n) is 6.14. The Labute approximate surface area is 317 Å². The van der Waals surface area contributed by atoms with Crippen molar-refractivity contribution in [2.45, 2.75) is 212 Å². The molecule has 1 amide bonds. The van der Waals surface area contributed by atoms with Crippen molar-refractivity contribution in [2.24, 2.45) is 0 Å². The van der Waals surface area contributed by atoms with Gasteiger partial charge in [-0.05, 0) is 64.2 Å². The summed E-state index contributed by atoms with van der Waals surface area (Å²) in [6.45, 7) is 4.18. The van der Waals surface area contributed by atoms with E-state index in [0.29, 0.717) is 6.42 Å². The molecule has 51 heavy (non-hydrogen) atoms. The number of unbranched alkanes of at least 4 members (excludes halogenated alkanes) is 21. The van der Waals surface area contributed by atoms with Crippen LogP contribution >= 0.6 is 0 Å². The van der Waals surface area contributed by atoms with Crippen molar-refractivity contribution in [1.82, 2.24) is 5.32 Å². The Bertz CT molecular complexity index is 899. The Morgan fingerprint density at radius 1 is 0.490 bits per heavy atom. The monoisotopic (exact) mass is 710 g/mol. The maximum absolute atomic E-state index is 12.4. The van der Waals surface area contributed by atoms with E-state index in [-0.39, 0.29) is 12.5 Å². The van der Waals surface area contributed by atoms with Gasteiger partial charge in [-0.1, -0.05) is 202 Å². The predicted octanol–water partition coefficient (Wildman–Crippen LogP) is 13.5. The normalized spacial score (nSPS) is 13.7. The van der Waals surface area contributed by atoms with Crippen molar-refractivity contribution >= 4 is 5.91 Å². The maximum atomic E-state index is 12.4. The van der Waals surface area contributed by atoms with Gasteiger partial charge in [0.25, 0.3) is 0 Å². The van der Waals surface area contributed by atoms with Crippen LogP contribution in [0.5, 0.6) is 0 Å². The molecule has 0 saturated heterocycles. The highest BCUT2D eigenvalue weighted by Crippen LogP contribution is 2.14. The van der Waals surface area contributed by atoms with Crippen LogP contribution in [0.15, 0.2) is 72.9 Å². The van der Waals surface area contributed by atoms with Crippen molar-refractivity contribution < 1.29 is 15.0 Å². The van der Waals surface area contributed by atoms with Gasteiger partial charge in [0.05, 0.1) is 18.8 Å². The highest BCUT2D eigenvalue weighted by Gasteiger charge is 2.17. The lowest BCUT2D eigenvalue weighted by molar-refractivity contribution is -0.123. The van der Waals surface area contributed by atoms with Gasteiger partial charge in [-0.2, -0.15) is 0 Å². The summed E-state index contributed by atoms with van der Waals surface area (Å²) in [5.74, 6) is -0.0717.